The van der Waals surface area contributed by atoms with Crippen molar-refractivity contribution >= 4 is 5.96 Å². The highest BCUT2D eigenvalue weighted by molar-refractivity contribution is 5.79. The van der Waals surface area contributed by atoms with E-state index < -0.39 is 0 Å². The molecule has 4 heteroatoms. The maximum atomic E-state index is 8.24. The third-order valence-corrected chi connectivity index (χ3v) is 0.950. The van der Waals surface area contributed by atoms with Crippen LogP contribution in [-0.2, 0) is 0 Å². The van der Waals surface area contributed by atoms with E-state index in [-0.39, 0.29) is 0 Å². The molecule has 0 saturated heterocycles. The average Bonchev–Trinajstić information content (AvgIpc) is 2.03. The van der Waals surface area contributed by atoms with E-state index in [1.807, 2.05) is 42.0 Å². The topological polar surface area (TPSA) is 42.6 Å². The SMILES string of the molecule is CC.CN(C)C(=NC#N)N(C)C. The maximum absolute atomic E-state index is 8.24. The molecule has 12 heavy (non-hydrogen) atoms. The number of hydrogen-bond acceptors (Lipinski definition) is 2. The predicted octanol–water partition coefficient (Wildman–Crippen LogP) is 0.973. The molecule has 0 rings (SSSR count). The molecule has 0 atom stereocenters. The summed E-state index contributed by atoms with van der Waals surface area (Å²) in [5.41, 5.74) is 0. The molecule has 0 aromatic rings. The molecule has 0 spiro atoms. The zero-order valence-electron chi connectivity index (χ0n) is 8.79. The predicted molar refractivity (Wildman–Crippen MR) is 51.8 cm³/mol. The molecular formula is C8H18N4. The molecule has 0 aromatic carbocycles. The Kier molecular flexibility index (Phi) is 8.75. The summed E-state index contributed by atoms with van der Waals surface area (Å²) in [6, 6.07) is 0. The third-order valence-electron chi connectivity index (χ3n) is 0.950. The van der Waals surface area contributed by atoms with Gasteiger partial charge in [0.15, 0.2) is 0 Å². The fraction of sp³-hybridized carbons (Fsp3) is 0.750. The van der Waals surface area contributed by atoms with E-state index >= 15 is 0 Å². The minimum Gasteiger partial charge on any atom is -0.348 e. The monoisotopic (exact) mass is 170 g/mol. The van der Waals surface area contributed by atoms with Crippen LogP contribution in [-0.4, -0.2) is 44.0 Å². The molecule has 0 aliphatic rings. The van der Waals surface area contributed by atoms with Crippen LogP contribution in [0.15, 0.2) is 4.99 Å². The zero-order valence-corrected chi connectivity index (χ0v) is 8.79. The van der Waals surface area contributed by atoms with Crippen molar-refractivity contribution < 1.29 is 0 Å². The highest BCUT2D eigenvalue weighted by Gasteiger charge is 2.01. The Hall–Kier alpha value is -1.24. The second kappa shape index (κ2) is 7.86. The van der Waals surface area contributed by atoms with Gasteiger partial charge in [-0.2, -0.15) is 5.26 Å². The summed E-state index contributed by atoms with van der Waals surface area (Å²) in [7, 11) is 7.37. The van der Waals surface area contributed by atoms with Gasteiger partial charge < -0.3 is 9.80 Å². The van der Waals surface area contributed by atoms with Crippen molar-refractivity contribution in [1.82, 2.24) is 9.80 Å². The Morgan fingerprint density at radius 1 is 1.08 bits per heavy atom. The van der Waals surface area contributed by atoms with Crippen LogP contribution in [0.1, 0.15) is 13.8 Å². The second-order valence-corrected chi connectivity index (χ2v) is 2.30. The van der Waals surface area contributed by atoms with Crippen LogP contribution in [0.4, 0.5) is 0 Å². The van der Waals surface area contributed by atoms with Crippen LogP contribution in [0.5, 0.6) is 0 Å². The van der Waals surface area contributed by atoms with Crippen LogP contribution in [0.25, 0.3) is 0 Å². The minimum atomic E-state index is 0.655. The molecule has 0 heterocycles. The van der Waals surface area contributed by atoms with E-state index in [0.29, 0.717) is 5.96 Å². The summed E-state index contributed by atoms with van der Waals surface area (Å²) in [5.74, 6) is 0.655. The summed E-state index contributed by atoms with van der Waals surface area (Å²) in [6.07, 6.45) is 1.74. The first-order valence-corrected chi connectivity index (χ1v) is 3.91. The number of hydrogen-bond donors (Lipinski definition) is 0. The molecule has 0 fully saturated rings. The van der Waals surface area contributed by atoms with E-state index in [1.54, 1.807) is 16.0 Å². The fourth-order valence-corrected chi connectivity index (χ4v) is 0.645. The van der Waals surface area contributed by atoms with Crippen molar-refractivity contribution in [3.63, 3.8) is 0 Å². The molecule has 0 aliphatic carbocycles. The highest BCUT2D eigenvalue weighted by Crippen LogP contribution is 1.86. The van der Waals surface area contributed by atoms with Gasteiger partial charge in [0.2, 0.25) is 12.2 Å². The lowest BCUT2D eigenvalue weighted by Gasteiger charge is -2.20. The smallest absolute Gasteiger partial charge is 0.211 e. The van der Waals surface area contributed by atoms with E-state index in [2.05, 4.69) is 4.99 Å². The van der Waals surface area contributed by atoms with Gasteiger partial charge in [-0.05, 0) is 0 Å². The second-order valence-electron chi connectivity index (χ2n) is 2.30. The van der Waals surface area contributed by atoms with Crippen LogP contribution in [0.2, 0.25) is 0 Å². The Morgan fingerprint density at radius 2 is 1.42 bits per heavy atom. The van der Waals surface area contributed by atoms with Crippen molar-refractivity contribution in [2.75, 3.05) is 28.2 Å². The molecule has 70 valence electrons. The number of aliphatic imine (C=N–C) groups is 1. The minimum absolute atomic E-state index is 0.655. The Balaban J connectivity index is 0. The van der Waals surface area contributed by atoms with Crippen molar-refractivity contribution in [3.05, 3.63) is 0 Å². The first kappa shape index (κ1) is 13.4. The van der Waals surface area contributed by atoms with Crippen LogP contribution < -0.4 is 0 Å². The zero-order chi connectivity index (χ0) is 10.1. The molecule has 0 N–H and O–H groups in total. The Morgan fingerprint density at radius 3 is 1.50 bits per heavy atom. The molecule has 0 saturated carbocycles. The van der Waals surface area contributed by atoms with Gasteiger partial charge in [-0.25, -0.2) is 0 Å². The molecule has 0 aromatic heterocycles. The maximum Gasteiger partial charge on any atom is 0.211 e. The lowest BCUT2D eigenvalue weighted by atomic mass is 10.7. The summed E-state index contributed by atoms with van der Waals surface area (Å²) < 4.78 is 0. The molecule has 0 radical (unpaired) electrons. The van der Waals surface area contributed by atoms with E-state index in [4.69, 9.17) is 5.26 Å². The number of nitrogens with zero attached hydrogens (tertiary/aromatic N) is 4. The lowest BCUT2D eigenvalue weighted by Crippen LogP contribution is -2.35. The van der Waals surface area contributed by atoms with Crippen molar-refractivity contribution in [1.29, 1.82) is 5.26 Å². The van der Waals surface area contributed by atoms with Gasteiger partial charge >= 0.3 is 0 Å². The van der Waals surface area contributed by atoms with Gasteiger partial charge in [-0.3, -0.25) is 0 Å². The van der Waals surface area contributed by atoms with Crippen molar-refractivity contribution in [3.8, 4) is 6.19 Å². The summed E-state index contributed by atoms with van der Waals surface area (Å²) >= 11 is 0. The normalized spacial score (nSPS) is 7.08. The third kappa shape index (κ3) is 5.54. The van der Waals surface area contributed by atoms with Gasteiger partial charge in [-0.1, -0.05) is 13.8 Å². The fourth-order valence-electron chi connectivity index (χ4n) is 0.645. The first-order valence-electron chi connectivity index (χ1n) is 3.91. The Labute approximate surface area is 75.1 Å². The van der Waals surface area contributed by atoms with Crippen molar-refractivity contribution in [2.45, 2.75) is 13.8 Å². The molecule has 4 nitrogen and oxygen atoms in total. The molecule has 0 aliphatic heterocycles. The van der Waals surface area contributed by atoms with Crippen molar-refractivity contribution in [2.24, 2.45) is 4.99 Å². The molecule has 0 unspecified atom stereocenters. The molecule has 0 bridgehead atoms. The van der Waals surface area contributed by atoms with Gasteiger partial charge in [0.05, 0.1) is 0 Å². The lowest BCUT2D eigenvalue weighted by molar-refractivity contribution is 0.484. The van der Waals surface area contributed by atoms with Gasteiger partial charge in [0.1, 0.15) is 0 Å². The van der Waals surface area contributed by atoms with Gasteiger partial charge in [0.25, 0.3) is 0 Å². The average molecular weight is 170 g/mol. The van der Waals surface area contributed by atoms with Crippen LogP contribution in [0, 0.1) is 11.5 Å². The number of guanidine groups is 1. The van der Waals surface area contributed by atoms with Gasteiger partial charge in [0, 0.05) is 28.2 Å². The van der Waals surface area contributed by atoms with Gasteiger partial charge in [-0.15, -0.1) is 4.99 Å². The molecule has 0 amide bonds. The largest absolute Gasteiger partial charge is 0.348 e. The number of nitriles is 1. The summed E-state index contributed by atoms with van der Waals surface area (Å²) in [6.45, 7) is 4.00. The van der Waals surface area contributed by atoms with E-state index in [1.165, 1.54) is 0 Å². The van der Waals surface area contributed by atoms with E-state index in [9.17, 15) is 0 Å². The highest BCUT2D eigenvalue weighted by atomic mass is 15.3. The van der Waals surface area contributed by atoms with E-state index in [0.717, 1.165) is 0 Å². The van der Waals surface area contributed by atoms with Crippen LogP contribution >= 0.6 is 0 Å². The Bertz CT molecular complexity index is 154. The van der Waals surface area contributed by atoms with Crippen LogP contribution in [0.3, 0.4) is 0 Å². The molecular weight excluding hydrogens is 152 g/mol. The number of rotatable bonds is 0. The summed E-state index contributed by atoms with van der Waals surface area (Å²) in [4.78, 5) is 7.16. The standard InChI is InChI=1S/C6H12N4.C2H6/c1-9(2)6(8-5-7)10(3)4;1-2/h1-4H3;1-2H3. The first-order chi connectivity index (χ1) is 5.59. The summed E-state index contributed by atoms with van der Waals surface area (Å²) in [5, 5.41) is 8.24. The quantitative estimate of drug-likeness (QED) is 0.309.